The molecule has 1 aliphatic heterocycles. The van der Waals surface area contributed by atoms with Gasteiger partial charge in [0.15, 0.2) is 11.7 Å². The van der Waals surface area contributed by atoms with Crippen LogP contribution in [0.1, 0.15) is 42.3 Å². The highest BCUT2D eigenvalue weighted by Crippen LogP contribution is 2.24. The molecule has 1 atom stereocenters. The molecule has 3 aromatic rings. The SMILES string of the molecule is Cc1ccc(-c2cnc(CCC(=O)NCC(c3ccccc3)N3CCCC3)o2)cc1. The van der Waals surface area contributed by atoms with Crippen LogP contribution in [0.4, 0.5) is 0 Å². The number of benzene rings is 2. The molecule has 1 unspecified atom stereocenters. The second kappa shape index (κ2) is 9.72. The Hall–Kier alpha value is -2.92. The molecule has 30 heavy (non-hydrogen) atoms. The number of rotatable bonds is 8. The zero-order valence-corrected chi connectivity index (χ0v) is 17.5. The number of oxazole rings is 1. The number of carbonyl (C=O) groups excluding carboxylic acids is 1. The van der Waals surface area contributed by atoms with Crippen LogP contribution >= 0.6 is 0 Å². The van der Waals surface area contributed by atoms with Crippen molar-refractivity contribution in [2.45, 2.75) is 38.6 Å². The molecular formula is C25H29N3O2. The number of nitrogens with zero attached hydrogens (tertiary/aromatic N) is 2. The molecule has 1 saturated heterocycles. The van der Waals surface area contributed by atoms with Gasteiger partial charge in [-0.25, -0.2) is 4.98 Å². The van der Waals surface area contributed by atoms with Crippen LogP contribution in [0.2, 0.25) is 0 Å². The Balaban J connectivity index is 1.30. The second-order valence-electron chi connectivity index (χ2n) is 7.96. The van der Waals surface area contributed by atoms with E-state index in [1.165, 1.54) is 24.0 Å². The second-order valence-corrected chi connectivity index (χ2v) is 7.96. The topological polar surface area (TPSA) is 58.4 Å². The first-order valence-electron chi connectivity index (χ1n) is 10.8. The van der Waals surface area contributed by atoms with Crippen LogP contribution in [0.3, 0.4) is 0 Å². The fourth-order valence-electron chi connectivity index (χ4n) is 3.98. The van der Waals surface area contributed by atoms with Crippen molar-refractivity contribution in [2.24, 2.45) is 0 Å². The zero-order valence-electron chi connectivity index (χ0n) is 17.5. The maximum atomic E-state index is 12.5. The van der Waals surface area contributed by atoms with Gasteiger partial charge in [0.1, 0.15) is 0 Å². The third-order valence-corrected chi connectivity index (χ3v) is 5.71. The normalized spacial score (nSPS) is 15.2. The molecular weight excluding hydrogens is 374 g/mol. The predicted octanol–water partition coefficient (Wildman–Crippen LogP) is 4.54. The van der Waals surface area contributed by atoms with Crippen molar-refractivity contribution < 1.29 is 9.21 Å². The van der Waals surface area contributed by atoms with Crippen molar-refractivity contribution in [3.05, 3.63) is 77.8 Å². The van der Waals surface area contributed by atoms with E-state index in [9.17, 15) is 4.79 Å². The van der Waals surface area contributed by atoms with Gasteiger partial charge in [0, 0.05) is 24.9 Å². The molecule has 0 bridgehead atoms. The minimum atomic E-state index is 0.0326. The monoisotopic (exact) mass is 403 g/mol. The lowest BCUT2D eigenvalue weighted by Gasteiger charge is -2.28. The number of aromatic nitrogens is 1. The molecule has 2 heterocycles. The lowest BCUT2D eigenvalue weighted by Crippen LogP contribution is -2.36. The number of nitrogens with one attached hydrogen (secondary N) is 1. The summed E-state index contributed by atoms with van der Waals surface area (Å²) in [5.74, 6) is 1.37. The van der Waals surface area contributed by atoms with Gasteiger partial charge in [0.2, 0.25) is 5.91 Å². The van der Waals surface area contributed by atoms with Crippen molar-refractivity contribution >= 4 is 5.91 Å². The Morgan fingerprint density at radius 3 is 2.57 bits per heavy atom. The number of hydrogen-bond acceptors (Lipinski definition) is 4. The van der Waals surface area contributed by atoms with Gasteiger partial charge in [0.05, 0.1) is 12.2 Å². The minimum absolute atomic E-state index is 0.0326. The van der Waals surface area contributed by atoms with Crippen LogP contribution in [0.15, 0.2) is 65.2 Å². The lowest BCUT2D eigenvalue weighted by atomic mass is 10.1. The average molecular weight is 404 g/mol. The molecule has 0 saturated carbocycles. The van der Waals surface area contributed by atoms with Gasteiger partial charge in [-0.05, 0) is 38.4 Å². The lowest BCUT2D eigenvalue weighted by molar-refractivity contribution is -0.121. The van der Waals surface area contributed by atoms with Gasteiger partial charge in [-0.1, -0.05) is 60.2 Å². The standard InChI is InChI=1S/C25H29N3O2/c1-19-9-11-21(12-10-19)23-18-27-25(30-23)14-13-24(29)26-17-22(28-15-5-6-16-28)20-7-3-2-4-8-20/h2-4,7-12,18,22H,5-6,13-17H2,1H3,(H,26,29). The Kier molecular flexibility index (Phi) is 6.60. The predicted molar refractivity (Wildman–Crippen MR) is 118 cm³/mol. The third-order valence-electron chi connectivity index (χ3n) is 5.71. The summed E-state index contributed by atoms with van der Waals surface area (Å²) in [6.45, 7) is 4.87. The van der Waals surface area contributed by atoms with E-state index in [-0.39, 0.29) is 11.9 Å². The highest BCUT2D eigenvalue weighted by atomic mass is 16.4. The van der Waals surface area contributed by atoms with E-state index in [2.05, 4.69) is 58.5 Å². The van der Waals surface area contributed by atoms with Gasteiger partial charge < -0.3 is 9.73 Å². The summed E-state index contributed by atoms with van der Waals surface area (Å²) in [6.07, 6.45) is 5.05. The van der Waals surface area contributed by atoms with Crippen LogP contribution in [-0.4, -0.2) is 35.4 Å². The largest absolute Gasteiger partial charge is 0.441 e. The average Bonchev–Trinajstić information content (AvgIpc) is 3.46. The molecule has 4 rings (SSSR count). The molecule has 1 aromatic heterocycles. The van der Waals surface area contributed by atoms with E-state index in [0.717, 1.165) is 24.4 Å². The first-order valence-corrected chi connectivity index (χ1v) is 10.8. The molecule has 5 nitrogen and oxygen atoms in total. The number of aryl methyl sites for hydroxylation is 2. The summed E-state index contributed by atoms with van der Waals surface area (Å²) in [6, 6.07) is 18.8. The number of amides is 1. The summed E-state index contributed by atoms with van der Waals surface area (Å²) < 4.78 is 5.84. The van der Waals surface area contributed by atoms with E-state index in [4.69, 9.17) is 4.42 Å². The van der Waals surface area contributed by atoms with Crippen molar-refractivity contribution in [1.29, 1.82) is 0 Å². The third kappa shape index (κ3) is 5.16. The molecule has 156 valence electrons. The van der Waals surface area contributed by atoms with Gasteiger partial charge in [-0.2, -0.15) is 0 Å². The van der Waals surface area contributed by atoms with Crippen molar-refractivity contribution in [1.82, 2.24) is 15.2 Å². The highest BCUT2D eigenvalue weighted by molar-refractivity contribution is 5.76. The van der Waals surface area contributed by atoms with Gasteiger partial charge >= 0.3 is 0 Å². The molecule has 1 fully saturated rings. The fourth-order valence-corrected chi connectivity index (χ4v) is 3.98. The molecule has 0 radical (unpaired) electrons. The van der Waals surface area contributed by atoms with Gasteiger partial charge in [-0.15, -0.1) is 0 Å². The van der Waals surface area contributed by atoms with Crippen LogP contribution in [0, 0.1) is 6.92 Å². The van der Waals surface area contributed by atoms with E-state index in [1.807, 2.05) is 18.2 Å². The highest BCUT2D eigenvalue weighted by Gasteiger charge is 2.23. The number of hydrogen-bond donors (Lipinski definition) is 1. The first-order chi connectivity index (χ1) is 14.7. The maximum absolute atomic E-state index is 12.5. The molecule has 2 aromatic carbocycles. The van der Waals surface area contributed by atoms with Gasteiger partial charge in [-0.3, -0.25) is 9.69 Å². The van der Waals surface area contributed by atoms with E-state index in [1.54, 1.807) is 6.20 Å². The molecule has 0 spiro atoms. The summed E-state index contributed by atoms with van der Waals surface area (Å²) in [7, 11) is 0. The fraction of sp³-hybridized carbons (Fsp3) is 0.360. The molecule has 1 amide bonds. The summed E-state index contributed by atoms with van der Waals surface area (Å²) in [4.78, 5) is 19.3. The smallest absolute Gasteiger partial charge is 0.220 e. The Bertz CT molecular complexity index is 944. The van der Waals surface area contributed by atoms with Crippen LogP contribution in [0.5, 0.6) is 0 Å². The van der Waals surface area contributed by atoms with Crippen LogP contribution < -0.4 is 5.32 Å². The van der Waals surface area contributed by atoms with Crippen molar-refractivity contribution in [3.8, 4) is 11.3 Å². The zero-order chi connectivity index (χ0) is 20.8. The molecule has 1 N–H and O–H groups in total. The summed E-state index contributed by atoms with van der Waals surface area (Å²) in [5.41, 5.74) is 3.47. The Labute approximate surface area is 178 Å². The van der Waals surface area contributed by atoms with Crippen molar-refractivity contribution in [2.75, 3.05) is 19.6 Å². The number of carbonyl (C=O) groups is 1. The van der Waals surface area contributed by atoms with E-state index >= 15 is 0 Å². The van der Waals surface area contributed by atoms with Gasteiger partial charge in [0.25, 0.3) is 0 Å². The quantitative estimate of drug-likeness (QED) is 0.600. The number of likely N-dealkylation sites (tertiary alicyclic amines) is 1. The summed E-state index contributed by atoms with van der Waals surface area (Å²) >= 11 is 0. The van der Waals surface area contributed by atoms with Crippen LogP contribution in [0.25, 0.3) is 11.3 Å². The molecule has 1 aliphatic rings. The molecule has 0 aliphatic carbocycles. The minimum Gasteiger partial charge on any atom is -0.441 e. The Morgan fingerprint density at radius 1 is 1.10 bits per heavy atom. The first kappa shape index (κ1) is 20.4. The molecule has 5 heteroatoms. The maximum Gasteiger partial charge on any atom is 0.220 e. The van der Waals surface area contributed by atoms with Crippen molar-refractivity contribution in [3.63, 3.8) is 0 Å². The Morgan fingerprint density at radius 2 is 1.83 bits per heavy atom. The van der Waals surface area contributed by atoms with E-state index in [0.29, 0.717) is 25.3 Å². The summed E-state index contributed by atoms with van der Waals surface area (Å²) in [5, 5.41) is 3.12. The van der Waals surface area contributed by atoms with E-state index < -0.39 is 0 Å². The van der Waals surface area contributed by atoms with Crippen LogP contribution in [-0.2, 0) is 11.2 Å².